The minimum absolute atomic E-state index is 0. The van der Waals surface area contributed by atoms with Crippen LogP contribution in [0.5, 0.6) is 0 Å². The van der Waals surface area contributed by atoms with E-state index >= 15 is 0 Å². The number of carboxylic acid groups (broad SMARTS) is 1. The summed E-state index contributed by atoms with van der Waals surface area (Å²) in [7, 11) is 0. The van der Waals surface area contributed by atoms with E-state index < -0.39 is 5.97 Å². The highest BCUT2D eigenvalue weighted by molar-refractivity contribution is 5.94. The van der Waals surface area contributed by atoms with E-state index in [0.29, 0.717) is 18.9 Å². The SMILES string of the molecule is CCNC(=O)Nc1cc2cc(NCc3cccc(C(=O)O)c3)cc(C)c2cn1.Cl. The molecule has 152 valence electrons. The number of aryl methyl sites for hydroxylation is 1. The number of nitrogens with zero attached hydrogens (tertiary/aromatic N) is 1. The van der Waals surface area contributed by atoms with Gasteiger partial charge in [-0.15, -0.1) is 12.4 Å². The maximum atomic E-state index is 11.7. The standard InChI is InChI=1S/C21H22N4O3.ClH/c1-3-22-21(28)25-19-10-16-9-17(7-13(2)18(16)12-24-19)23-11-14-5-4-6-15(8-14)20(26)27;/h4-10,12,23H,3,11H2,1-2H3,(H,26,27)(H2,22,24,25,28);1H. The molecule has 0 aliphatic rings. The number of amides is 2. The van der Waals surface area contributed by atoms with Crippen LogP contribution in [0.1, 0.15) is 28.4 Å². The zero-order chi connectivity index (χ0) is 20.1. The van der Waals surface area contributed by atoms with Gasteiger partial charge in [0.05, 0.1) is 5.56 Å². The van der Waals surface area contributed by atoms with Gasteiger partial charge in [-0.1, -0.05) is 12.1 Å². The summed E-state index contributed by atoms with van der Waals surface area (Å²) in [5.74, 6) is -0.466. The first-order chi connectivity index (χ1) is 13.5. The Morgan fingerprint density at radius 2 is 1.93 bits per heavy atom. The second-order valence-corrected chi connectivity index (χ2v) is 6.43. The van der Waals surface area contributed by atoms with E-state index in [4.69, 9.17) is 5.11 Å². The van der Waals surface area contributed by atoms with Crippen molar-refractivity contribution in [2.24, 2.45) is 0 Å². The van der Waals surface area contributed by atoms with Crippen LogP contribution < -0.4 is 16.0 Å². The molecule has 0 saturated carbocycles. The number of rotatable bonds is 6. The number of carboxylic acids is 1. The summed E-state index contributed by atoms with van der Waals surface area (Å²) in [5.41, 5.74) is 3.10. The fourth-order valence-electron chi connectivity index (χ4n) is 2.95. The van der Waals surface area contributed by atoms with E-state index in [-0.39, 0.29) is 24.0 Å². The molecule has 0 bridgehead atoms. The van der Waals surface area contributed by atoms with Crippen molar-refractivity contribution in [3.63, 3.8) is 0 Å². The van der Waals surface area contributed by atoms with Crippen molar-refractivity contribution in [3.8, 4) is 0 Å². The van der Waals surface area contributed by atoms with Gasteiger partial charge in [0.1, 0.15) is 5.82 Å². The molecule has 1 heterocycles. The number of pyridine rings is 1. The topological polar surface area (TPSA) is 103 Å². The van der Waals surface area contributed by atoms with Gasteiger partial charge in [0.25, 0.3) is 0 Å². The predicted molar refractivity (Wildman–Crippen MR) is 117 cm³/mol. The van der Waals surface area contributed by atoms with Crippen LogP contribution in [0.2, 0.25) is 0 Å². The molecule has 3 rings (SSSR count). The van der Waals surface area contributed by atoms with Gasteiger partial charge in [-0.2, -0.15) is 0 Å². The number of benzene rings is 2. The Bertz CT molecular complexity index is 1040. The van der Waals surface area contributed by atoms with Crippen LogP contribution in [0, 0.1) is 6.92 Å². The second kappa shape index (κ2) is 9.75. The minimum Gasteiger partial charge on any atom is -0.478 e. The number of carbonyl (C=O) groups excluding carboxylic acids is 1. The van der Waals surface area contributed by atoms with Gasteiger partial charge >= 0.3 is 12.0 Å². The summed E-state index contributed by atoms with van der Waals surface area (Å²) in [5, 5.41) is 19.8. The molecular weight excluding hydrogens is 392 g/mol. The van der Waals surface area contributed by atoms with Gasteiger partial charge < -0.3 is 15.7 Å². The number of fused-ring (bicyclic) bond motifs is 1. The van der Waals surface area contributed by atoms with Gasteiger partial charge in [-0.3, -0.25) is 5.32 Å². The van der Waals surface area contributed by atoms with Crippen molar-refractivity contribution < 1.29 is 14.7 Å². The van der Waals surface area contributed by atoms with E-state index in [1.807, 2.05) is 38.1 Å². The fraction of sp³-hybridized carbons (Fsp3) is 0.190. The molecule has 29 heavy (non-hydrogen) atoms. The first kappa shape index (κ1) is 22.0. The van der Waals surface area contributed by atoms with Gasteiger partial charge in [0.2, 0.25) is 0 Å². The number of aromatic carboxylic acids is 1. The fourth-order valence-corrected chi connectivity index (χ4v) is 2.95. The van der Waals surface area contributed by atoms with Crippen molar-refractivity contribution >= 4 is 46.7 Å². The maximum absolute atomic E-state index is 11.7. The third kappa shape index (κ3) is 5.58. The molecule has 0 unspecified atom stereocenters. The number of carbonyl (C=O) groups is 2. The van der Waals surface area contributed by atoms with Gasteiger partial charge in [-0.25, -0.2) is 14.6 Å². The molecule has 8 heteroatoms. The highest BCUT2D eigenvalue weighted by Crippen LogP contribution is 2.25. The van der Waals surface area contributed by atoms with Crippen LogP contribution in [-0.2, 0) is 6.54 Å². The van der Waals surface area contributed by atoms with Crippen molar-refractivity contribution in [2.75, 3.05) is 17.2 Å². The summed E-state index contributed by atoms with van der Waals surface area (Å²) < 4.78 is 0. The van der Waals surface area contributed by atoms with Gasteiger partial charge in [-0.05, 0) is 60.7 Å². The number of nitrogens with one attached hydrogen (secondary N) is 3. The normalized spacial score (nSPS) is 10.1. The molecule has 0 spiro atoms. The first-order valence-corrected chi connectivity index (χ1v) is 8.97. The van der Waals surface area contributed by atoms with Crippen LogP contribution in [0.4, 0.5) is 16.3 Å². The minimum atomic E-state index is -0.942. The molecule has 2 aromatic carbocycles. The monoisotopic (exact) mass is 414 g/mol. The number of hydrogen-bond acceptors (Lipinski definition) is 4. The Balaban J connectivity index is 0.00000300. The lowest BCUT2D eigenvalue weighted by Crippen LogP contribution is -2.28. The lowest BCUT2D eigenvalue weighted by Gasteiger charge is -2.12. The second-order valence-electron chi connectivity index (χ2n) is 6.43. The summed E-state index contributed by atoms with van der Waals surface area (Å²) in [6, 6.07) is 12.4. The van der Waals surface area contributed by atoms with E-state index in [1.54, 1.807) is 24.4 Å². The predicted octanol–water partition coefficient (Wildman–Crippen LogP) is 4.42. The Morgan fingerprint density at radius 3 is 2.66 bits per heavy atom. The summed E-state index contributed by atoms with van der Waals surface area (Å²) in [4.78, 5) is 27.1. The van der Waals surface area contributed by atoms with Gasteiger partial charge in [0.15, 0.2) is 0 Å². The average molecular weight is 415 g/mol. The van der Waals surface area contributed by atoms with Crippen LogP contribution in [0.3, 0.4) is 0 Å². The molecule has 0 saturated heterocycles. The summed E-state index contributed by atoms with van der Waals surface area (Å²) in [6.07, 6.45) is 1.74. The van der Waals surface area contributed by atoms with E-state index in [2.05, 4.69) is 20.9 Å². The Labute approximate surface area is 174 Å². The molecule has 0 radical (unpaired) electrons. The van der Waals surface area contributed by atoms with Crippen LogP contribution in [0.25, 0.3) is 10.8 Å². The largest absolute Gasteiger partial charge is 0.478 e. The van der Waals surface area contributed by atoms with Gasteiger partial charge in [0, 0.05) is 30.4 Å². The molecule has 1 aromatic heterocycles. The lowest BCUT2D eigenvalue weighted by atomic mass is 10.1. The van der Waals surface area contributed by atoms with Crippen molar-refractivity contribution in [1.82, 2.24) is 10.3 Å². The average Bonchev–Trinajstić information content (AvgIpc) is 2.66. The van der Waals surface area contributed by atoms with Crippen molar-refractivity contribution in [3.05, 3.63) is 65.4 Å². The molecule has 0 atom stereocenters. The van der Waals surface area contributed by atoms with Crippen molar-refractivity contribution in [1.29, 1.82) is 0 Å². The Kier molecular flexibility index (Phi) is 7.39. The lowest BCUT2D eigenvalue weighted by molar-refractivity contribution is 0.0696. The molecule has 3 aromatic rings. The maximum Gasteiger partial charge on any atom is 0.335 e. The van der Waals surface area contributed by atoms with E-state index in [0.717, 1.165) is 27.6 Å². The van der Waals surface area contributed by atoms with Crippen LogP contribution in [0.15, 0.2) is 48.7 Å². The number of urea groups is 1. The van der Waals surface area contributed by atoms with E-state index in [9.17, 15) is 9.59 Å². The third-order valence-electron chi connectivity index (χ3n) is 4.29. The highest BCUT2D eigenvalue weighted by Gasteiger charge is 2.07. The quantitative estimate of drug-likeness (QED) is 0.478. The molecule has 0 fully saturated rings. The smallest absolute Gasteiger partial charge is 0.335 e. The molecule has 4 N–H and O–H groups in total. The first-order valence-electron chi connectivity index (χ1n) is 8.97. The van der Waals surface area contributed by atoms with Crippen LogP contribution in [-0.4, -0.2) is 28.6 Å². The van der Waals surface area contributed by atoms with Crippen LogP contribution >= 0.6 is 12.4 Å². The number of anilines is 2. The summed E-state index contributed by atoms with van der Waals surface area (Å²) >= 11 is 0. The number of hydrogen-bond donors (Lipinski definition) is 4. The highest BCUT2D eigenvalue weighted by atomic mass is 35.5. The summed E-state index contributed by atoms with van der Waals surface area (Å²) in [6.45, 7) is 4.88. The Hall–Kier alpha value is -3.32. The molecule has 2 amide bonds. The number of aromatic nitrogens is 1. The zero-order valence-corrected chi connectivity index (χ0v) is 17.0. The van der Waals surface area contributed by atoms with Crippen molar-refractivity contribution in [2.45, 2.75) is 20.4 Å². The Morgan fingerprint density at radius 1 is 1.14 bits per heavy atom. The molecular formula is C21H23ClN4O3. The third-order valence-corrected chi connectivity index (χ3v) is 4.29. The molecule has 0 aliphatic carbocycles. The van der Waals surface area contributed by atoms with E-state index in [1.165, 1.54) is 0 Å². The molecule has 0 aliphatic heterocycles. The number of halogens is 1. The zero-order valence-electron chi connectivity index (χ0n) is 16.2. The molecule has 7 nitrogen and oxygen atoms in total.